The fourth-order valence-electron chi connectivity index (χ4n) is 4.05. The number of hydrogen-bond donors (Lipinski definition) is 3. The summed E-state index contributed by atoms with van der Waals surface area (Å²) in [7, 11) is 2.44. The number of nitrogen functional groups attached to an aromatic ring is 1. The third kappa shape index (κ3) is 4.65. The largest absolute Gasteiger partial charge is 0.435 e. The molecular weight excluding hydrogens is 510 g/mol. The predicted octanol–water partition coefficient (Wildman–Crippen LogP) is 5.30. The average molecular weight is 535 g/mol. The zero-order valence-corrected chi connectivity index (χ0v) is 22.3. The van der Waals surface area contributed by atoms with Crippen molar-refractivity contribution in [3.8, 4) is 17.3 Å². The number of rotatable bonds is 7. The molecule has 3 aromatic heterocycles. The number of nitrogens with one attached hydrogen (secondary N) is 2. The van der Waals surface area contributed by atoms with Crippen molar-refractivity contribution in [3.63, 3.8) is 0 Å². The van der Waals surface area contributed by atoms with Crippen molar-refractivity contribution in [1.82, 2.24) is 19.7 Å². The Bertz CT molecular complexity index is 1640. The molecule has 37 heavy (non-hydrogen) atoms. The molecule has 1 unspecified atom stereocenters. The van der Waals surface area contributed by atoms with Crippen LogP contribution < -0.4 is 20.5 Å². The van der Waals surface area contributed by atoms with Crippen molar-refractivity contribution >= 4 is 54.7 Å². The summed E-state index contributed by atoms with van der Waals surface area (Å²) < 4.78 is 24.5. The minimum Gasteiger partial charge on any atom is -0.435 e. The molecule has 0 saturated carbocycles. The Morgan fingerprint density at radius 3 is 2.73 bits per heavy atom. The number of carbonyl (C=O) groups excluding carboxylic acids is 1. The van der Waals surface area contributed by atoms with Crippen LogP contribution in [0.25, 0.3) is 16.6 Å². The zero-order chi connectivity index (χ0) is 26.3. The summed E-state index contributed by atoms with van der Waals surface area (Å²) in [6, 6.07) is 12.1. The monoisotopic (exact) mass is 534 g/mol. The zero-order valence-electron chi connectivity index (χ0n) is 20.3. The second kappa shape index (κ2) is 9.88. The number of aromatic amines is 1. The molecule has 11 heteroatoms. The van der Waals surface area contributed by atoms with Gasteiger partial charge in [0.15, 0.2) is 11.6 Å². The maximum atomic E-state index is 14.2. The standard InChI is InChI=1S/C26H24FN6O2PS/c1-13-7-15-9-20(31-19(15)10-18(13)32-37-3)24(34)16-11-30-33(26(16)28)21-12-29-23(8-14(21)2)35-25-17(27)5-4-6-22(25)36/h4-12,31-32H,28,36H2,1-3H3. The van der Waals surface area contributed by atoms with E-state index in [0.717, 1.165) is 27.7 Å². The van der Waals surface area contributed by atoms with E-state index in [9.17, 15) is 9.18 Å². The number of ether oxygens (including phenoxy) is 1. The van der Waals surface area contributed by atoms with Crippen LogP contribution in [-0.4, -0.2) is 31.8 Å². The molecule has 0 spiro atoms. The highest BCUT2D eigenvalue weighted by atomic mass is 32.2. The number of anilines is 2. The van der Waals surface area contributed by atoms with Gasteiger partial charge in [0.25, 0.3) is 0 Å². The van der Waals surface area contributed by atoms with Gasteiger partial charge in [-0.2, -0.15) is 5.10 Å². The molecule has 5 aromatic rings. The molecule has 4 N–H and O–H groups in total. The van der Waals surface area contributed by atoms with Gasteiger partial charge in [-0.05, 0) is 49.2 Å². The van der Waals surface area contributed by atoms with Crippen molar-refractivity contribution in [2.24, 2.45) is 0 Å². The quantitative estimate of drug-likeness (QED) is 0.148. The first-order valence-corrected chi connectivity index (χ1v) is 13.1. The highest BCUT2D eigenvalue weighted by Gasteiger charge is 2.21. The number of halogens is 1. The summed E-state index contributed by atoms with van der Waals surface area (Å²) >= 11 is 1.50. The summed E-state index contributed by atoms with van der Waals surface area (Å²) in [5.41, 5.74) is 11.3. The first-order valence-electron chi connectivity index (χ1n) is 11.3. The van der Waals surface area contributed by atoms with E-state index in [1.165, 1.54) is 35.1 Å². The van der Waals surface area contributed by atoms with Crippen LogP contribution in [0.4, 0.5) is 15.9 Å². The Morgan fingerprint density at radius 2 is 2.00 bits per heavy atom. The SMILES string of the molecule is CSNc1cc2[nH]c(C(=O)c3cnn(-c4cnc(Oc5c(F)cccc5P)cc4C)c3N)cc2cc1C. The second-order valence-electron chi connectivity index (χ2n) is 8.50. The van der Waals surface area contributed by atoms with E-state index in [4.69, 9.17) is 10.5 Å². The van der Waals surface area contributed by atoms with Crippen LogP contribution in [-0.2, 0) is 0 Å². The molecule has 1 atom stereocenters. The molecule has 188 valence electrons. The Kier molecular flexibility index (Phi) is 6.62. The molecule has 0 saturated heterocycles. The maximum Gasteiger partial charge on any atom is 0.219 e. The van der Waals surface area contributed by atoms with Gasteiger partial charge in [-0.15, -0.1) is 9.24 Å². The van der Waals surface area contributed by atoms with Crippen LogP contribution in [0.15, 0.2) is 54.9 Å². The molecule has 3 heterocycles. The van der Waals surface area contributed by atoms with Gasteiger partial charge in [0.2, 0.25) is 11.7 Å². The van der Waals surface area contributed by atoms with Crippen molar-refractivity contribution in [2.45, 2.75) is 13.8 Å². The molecular formula is C26H24FN6O2PS. The number of ketones is 1. The van der Waals surface area contributed by atoms with Gasteiger partial charge in [-0.3, -0.25) is 4.79 Å². The predicted molar refractivity (Wildman–Crippen MR) is 150 cm³/mol. The highest BCUT2D eigenvalue weighted by molar-refractivity contribution is 7.99. The van der Waals surface area contributed by atoms with E-state index in [1.54, 1.807) is 18.2 Å². The number of hydrogen-bond acceptors (Lipinski definition) is 7. The normalized spacial score (nSPS) is 11.2. The highest BCUT2D eigenvalue weighted by Crippen LogP contribution is 2.29. The van der Waals surface area contributed by atoms with Gasteiger partial charge in [0.1, 0.15) is 5.82 Å². The Labute approximate surface area is 219 Å². The van der Waals surface area contributed by atoms with Crippen LogP contribution in [0.2, 0.25) is 0 Å². The molecule has 5 rings (SSSR count). The van der Waals surface area contributed by atoms with E-state index >= 15 is 0 Å². The molecule has 0 radical (unpaired) electrons. The lowest BCUT2D eigenvalue weighted by Crippen LogP contribution is -2.09. The maximum absolute atomic E-state index is 14.2. The van der Waals surface area contributed by atoms with Gasteiger partial charge in [0, 0.05) is 34.2 Å². The molecule has 8 nitrogen and oxygen atoms in total. The Morgan fingerprint density at radius 1 is 1.19 bits per heavy atom. The van der Waals surface area contributed by atoms with Gasteiger partial charge in [0.05, 0.1) is 29.3 Å². The lowest BCUT2D eigenvalue weighted by molar-refractivity contribution is 0.103. The number of H-pyrrole nitrogens is 1. The smallest absolute Gasteiger partial charge is 0.219 e. The van der Waals surface area contributed by atoms with Crippen molar-refractivity contribution < 1.29 is 13.9 Å². The van der Waals surface area contributed by atoms with Crippen LogP contribution in [0, 0.1) is 19.7 Å². The molecule has 0 aliphatic heterocycles. The second-order valence-corrected chi connectivity index (χ2v) is 9.73. The molecule has 0 aliphatic rings. The fraction of sp³-hybridized carbons (Fsp3) is 0.115. The number of benzene rings is 2. The molecule has 0 amide bonds. The summed E-state index contributed by atoms with van der Waals surface area (Å²) in [4.78, 5) is 20.8. The van der Waals surface area contributed by atoms with Crippen molar-refractivity contribution in [2.75, 3.05) is 16.7 Å². The third-order valence-electron chi connectivity index (χ3n) is 5.96. The van der Waals surface area contributed by atoms with Gasteiger partial charge < -0.3 is 20.2 Å². The molecule has 0 bridgehead atoms. The number of para-hydroxylation sites is 1. The number of carbonyl (C=O) groups is 1. The topological polar surface area (TPSA) is 111 Å². The summed E-state index contributed by atoms with van der Waals surface area (Å²) in [5.74, 6) is -0.261. The lowest BCUT2D eigenvalue weighted by Gasteiger charge is -2.12. The molecule has 2 aromatic carbocycles. The number of nitrogens with zero attached hydrogens (tertiary/aromatic N) is 3. The Balaban J connectivity index is 1.43. The van der Waals surface area contributed by atoms with Crippen molar-refractivity contribution in [3.05, 3.63) is 83.1 Å². The third-order valence-corrected chi connectivity index (χ3v) is 6.84. The van der Waals surface area contributed by atoms with Crippen LogP contribution in [0.5, 0.6) is 11.6 Å². The first kappa shape index (κ1) is 24.8. The number of fused-ring (bicyclic) bond motifs is 1. The molecule has 0 aliphatic carbocycles. The van der Waals surface area contributed by atoms with E-state index in [0.29, 0.717) is 16.7 Å². The van der Waals surface area contributed by atoms with Crippen LogP contribution >= 0.6 is 21.2 Å². The van der Waals surface area contributed by atoms with Crippen LogP contribution in [0.1, 0.15) is 27.2 Å². The minimum absolute atomic E-state index is 0.0866. The van der Waals surface area contributed by atoms with Crippen molar-refractivity contribution in [1.29, 1.82) is 0 Å². The van der Waals surface area contributed by atoms with Crippen LogP contribution in [0.3, 0.4) is 0 Å². The van der Waals surface area contributed by atoms with E-state index in [-0.39, 0.29) is 28.8 Å². The van der Waals surface area contributed by atoms with E-state index in [2.05, 4.69) is 29.0 Å². The van der Waals surface area contributed by atoms with Gasteiger partial charge in [-0.1, -0.05) is 24.1 Å². The average Bonchev–Trinajstić information content (AvgIpc) is 3.45. The van der Waals surface area contributed by atoms with Gasteiger partial charge >= 0.3 is 0 Å². The number of pyridine rings is 1. The van der Waals surface area contributed by atoms with E-state index < -0.39 is 5.82 Å². The number of nitrogens with two attached hydrogens (primary N) is 1. The first-order chi connectivity index (χ1) is 17.8. The Hall–Kier alpha value is -3.88. The van der Waals surface area contributed by atoms with E-state index in [1.807, 2.05) is 38.3 Å². The summed E-state index contributed by atoms with van der Waals surface area (Å²) in [6.45, 7) is 3.84. The number of aryl methyl sites for hydroxylation is 2. The summed E-state index contributed by atoms with van der Waals surface area (Å²) in [5, 5.41) is 5.85. The molecule has 0 fully saturated rings. The van der Waals surface area contributed by atoms with Gasteiger partial charge in [-0.25, -0.2) is 14.1 Å². The fourth-order valence-corrected chi connectivity index (χ4v) is 4.79. The minimum atomic E-state index is -0.487. The summed E-state index contributed by atoms with van der Waals surface area (Å²) in [6.07, 6.45) is 4.92. The number of aromatic nitrogens is 4. The lowest BCUT2D eigenvalue weighted by atomic mass is 10.1.